The summed E-state index contributed by atoms with van der Waals surface area (Å²) in [5.41, 5.74) is 1.07. The summed E-state index contributed by atoms with van der Waals surface area (Å²) in [5, 5.41) is 5.48. The summed E-state index contributed by atoms with van der Waals surface area (Å²) in [6.07, 6.45) is 6.87. The first-order valence-electron chi connectivity index (χ1n) is 6.09. The van der Waals surface area contributed by atoms with E-state index in [1.807, 2.05) is 36.4 Å². The first kappa shape index (κ1) is 13.3. The highest BCUT2D eigenvalue weighted by Gasteiger charge is 1.94. The average molecular weight is 232 g/mol. The van der Waals surface area contributed by atoms with Crippen LogP contribution in [0.1, 0.15) is 31.7 Å². The number of urea groups is 1. The summed E-state index contributed by atoms with van der Waals surface area (Å²) in [5.74, 6) is 0. The van der Waals surface area contributed by atoms with Gasteiger partial charge < -0.3 is 10.6 Å². The minimum Gasteiger partial charge on any atom is -0.338 e. The molecule has 1 aromatic rings. The second kappa shape index (κ2) is 8.39. The van der Waals surface area contributed by atoms with E-state index in [2.05, 4.69) is 17.6 Å². The number of rotatable bonds is 6. The molecule has 0 aliphatic heterocycles. The molecule has 0 aromatic heterocycles. The zero-order valence-electron chi connectivity index (χ0n) is 10.3. The summed E-state index contributed by atoms with van der Waals surface area (Å²) >= 11 is 0. The van der Waals surface area contributed by atoms with Gasteiger partial charge in [0.15, 0.2) is 0 Å². The van der Waals surface area contributed by atoms with Crippen LogP contribution in [0.15, 0.2) is 36.5 Å². The number of benzene rings is 1. The molecule has 0 bridgehead atoms. The van der Waals surface area contributed by atoms with Gasteiger partial charge in [-0.25, -0.2) is 4.79 Å². The monoisotopic (exact) mass is 232 g/mol. The minimum atomic E-state index is -0.145. The molecule has 0 spiro atoms. The molecule has 0 saturated carbocycles. The Labute approximate surface area is 103 Å². The lowest BCUT2D eigenvalue weighted by Crippen LogP contribution is -2.32. The zero-order valence-corrected chi connectivity index (χ0v) is 10.3. The van der Waals surface area contributed by atoms with Gasteiger partial charge in [0.2, 0.25) is 0 Å². The van der Waals surface area contributed by atoms with E-state index in [4.69, 9.17) is 0 Å². The molecule has 1 aromatic carbocycles. The van der Waals surface area contributed by atoms with Gasteiger partial charge in [0.1, 0.15) is 0 Å². The molecule has 0 radical (unpaired) electrons. The van der Waals surface area contributed by atoms with Crippen LogP contribution in [-0.2, 0) is 0 Å². The van der Waals surface area contributed by atoms with Crippen LogP contribution in [0.5, 0.6) is 0 Å². The quantitative estimate of drug-likeness (QED) is 0.727. The van der Waals surface area contributed by atoms with E-state index in [-0.39, 0.29) is 6.03 Å². The van der Waals surface area contributed by atoms with E-state index in [1.165, 1.54) is 0 Å². The summed E-state index contributed by atoms with van der Waals surface area (Å²) < 4.78 is 0. The van der Waals surface area contributed by atoms with Crippen LogP contribution < -0.4 is 10.6 Å². The first-order valence-corrected chi connectivity index (χ1v) is 6.09. The lowest BCUT2D eigenvalue weighted by molar-refractivity contribution is 0.244. The number of hydrogen-bond acceptors (Lipinski definition) is 1. The van der Waals surface area contributed by atoms with Gasteiger partial charge in [-0.15, -0.1) is 0 Å². The van der Waals surface area contributed by atoms with Crippen molar-refractivity contribution in [3.63, 3.8) is 0 Å². The van der Waals surface area contributed by atoms with Gasteiger partial charge in [-0.05, 0) is 18.1 Å². The Morgan fingerprint density at radius 1 is 1.24 bits per heavy atom. The summed E-state index contributed by atoms with van der Waals surface area (Å²) in [4.78, 5) is 11.3. The molecule has 17 heavy (non-hydrogen) atoms. The molecule has 2 N–H and O–H groups in total. The Balaban J connectivity index is 2.17. The standard InChI is InChI=1S/C14H20N2O/c1-2-3-7-11-15-14(17)16-12-10-13-8-5-4-6-9-13/h4-6,8-10,12H,2-3,7,11H2,1H3,(H2,15,16,17)/b12-10+. The third kappa shape index (κ3) is 6.40. The van der Waals surface area contributed by atoms with Crippen LogP contribution in [0, 0.1) is 0 Å². The van der Waals surface area contributed by atoms with Crippen molar-refractivity contribution in [3.05, 3.63) is 42.1 Å². The Kier molecular flexibility index (Phi) is 6.56. The SMILES string of the molecule is CCCCCNC(=O)N/C=C/c1ccccc1. The molecular formula is C14H20N2O. The lowest BCUT2D eigenvalue weighted by Gasteiger charge is -2.03. The highest BCUT2D eigenvalue weighted by Crippen LogP contribution is 1.99. The van der Waals surface area contributed by atoms with Crippen LogP contribution in [-0.4, -0.2) is 12.6 Å². The first-order chi connectivity index (χ1) is 8.33. The third-order valence-electron chi connectivity index (χ3n) is 2.36. The Morgan fingerprint density at radius 2 is 2.00 bits per heavy atom. The number of unbranched alkanes of at least 4 members (excludes halogenated alkanes) is 2. The van der Waals surface area contributed by atoms with Gasteiger partial charge in [0.25, 0.3) is 0 Å². The van der Waals surface area contributed by atoms with Gasteiger partial charge in [-0.3, -0.25) is 0 Å². The van der Waals surface area contributed by atoms with Gasteiger partial charge in [-0.1, -0.05) is 50.1 Å². The van der Waals surface area contributed by atoms with Gasteiger partial charge in [0.05, 0.1) is 0 Å². The van der Waals surface area contributed by atoms with Crippen molar-refractivity contribution in [2.75, 3.05) is 6.54 Å². The van der Waals surface area contributed by atoms with Gasteiger partial charge in [-0.2, -0.15) is 0 Å². The van der Waals surface area contributed by atoms with Crippen molar-refractivity contribution >= 4 is 12.1 Å². The van der Waals surface area contributed by atoms with E-state index in [9.17, 15) is 4.79 Å². The maximum absolute atomic E-state index is 11.3. The summed E-state index contributed by atoms with van der Waals surface area (Å²) in [6.45, 7) is 2.88. The molecule has 2 amide bonds. The molecule has 0 heterocycles. The Bertz CT molecular complexity index is 346. The van der Waals surface area contributed by atoms with E-state index < -0.39 is 0 Å². The van der Waals surface area contributed by atoms with Crippen molar-refractivity contribution < 1.29 is 4.79 Å². The fraction of sp³-hybridized carbons (Fsp3) is 0.357. The van der Waals surface area contributed by atoms with Crippen LogP contribution >= 0.6 is 0 Å². The van der Waals surface area contributed by atoms with E-state index in [0.29, 0.717) is 0 Å². The molecule has 0 unspecified atom stereocenters. The molecule has 0 aliphatic carbocycles. The normalized spacial score (nSPS) is 10.4. The molecular weight excluding hydrogens is 212 g/mol. The number of nitrogens with one attached hydrogen (secondary N) is 2. The Morgan fingerprint density at radius 3 is 2.71 bits per heavy atom. The van der Waals surface area contributed by atoms with Crippen LogP contribution in [0.2, 0.25) is 0 Å². The Hall–Kier alpha value is -1.77. The molecule has 3 heteroatoms. The topological polar surface area (TPSA) is 41.1 Å². The van der Waals surface area contributed by atoms with E-state index in [0.717, 1.165) is 31.4 Å². The molecule has 1 rings (SSSR count). The third-order valence-corrected chi connectivity index (χ3v) is 2.36. The lowest BCUT2D eigenvalue weighted by atomic mass is 10.2. The maximum atomic E-state index is 11.3. The molecule has 0 atom stereocenters. The number of amides is 2. The van der Waals surface area contributed by atoms with Gasteiger partial charge in [0, 0.05) is 12.7 Å². The van der Waals surface area contributed by atoms with Crippen LogP contribution in [0.25, 0.3) is 6.08 Å². The number of hydrogen-bond donors (Lipinski definition) is 2. The maximum Gasteiger partial charge on any atom is 0.318 e. The molecule has 0 fully saturated rings. The highest BCUT2D eigenvalue weighted by molar-refractivity contribution is 5.75. The van der Waals surface area contributed by atoms with Crippen molar-refractivity contribution in [3.8, 4) is 0 Å². The largest absolute Gasteiger partial charge is 0.338 e. The second-order valence-electron chi connectivity index (χ2n) is 3.85. The molecule has 3 nitrogen and oxygen atoms in total. The summed E-state index contributed by atoms with van der Waals surface area (Å²) in [6, 6.07) is 9.71. The van der Waals surface area contributed by atoms with Gasteiger partial charge >= 0.3 is 6.03 Å². The van der Waals surface area contributed by atoms with Crippen LogP contribution in [0.3, 0.4) is 0 Å². The van der Waals surface area contributed by atoms with E-state index in [1.54, 1.807) is 6.20 Å². The van der Waals surface area contributed by atoms with E-state index >= 15 is 0 Å². The van der Waals surface area contributed by atoms with Crippen LogP contribution in [0.4, 0.5) is 4.79 Å². The molecule has 0 aliphatic rings. The highest BCUT2D eigenvalue weighted by atomic mass is 16.2. The van der Waals surface area contributed by atoms with Crippen molar-refractivity contribution in [2.24, 2.45) is 0 Å². The predicted molar refractivity (Wildman–Crippen MR) is 71.5 cm³/mol. The number of carbonyl (C=O) groups excluding carboxylic acids is 1. The zero-order chi connectivity index (χ0) is 12.3. The molecule has 92 valence electrons. The predicted octanol–water partition coefficient (Wildman–Crippen LogP) is 3.15. The smallest absolute Gasteiger partial charge is 0.318 e. The minimum absolute atomic E-state index is 0.145. The van der Waals surface area contributed by atoms with Crippen molar-refractivity contribution in [1.82, 2.24) is 10.6 Å². The average Bonchev–Trinajstić information content (AvgIpc) is 2.36. The summed E-state index contributed by atoms with van der Waals surface area (Å²) in [7, 11) is 0. The molecule has 0 saturated heterocycles. The fourth-order valence-electron chi connectivity index (χ4n) is 1.41. The van der Waals surface area contributed by atoms with Crippen molar-refractivity contribution in [2.45, 2.75) is 26.2 Å². The fourth-order valence-corrected chi connectivity index (χ4v) is 1.41. The second-order valence-corrected chi connectivity index (χ2v) is 3.85. The number of carbonyl (C=O) groups is 1. The van der Waals surface area contributed by atoms with Crippen molar-refractivity contribution in [1.29, 1.82) is 0 Å².